The summed E-state index contributed by atoms with van der Waals surface area (Å²) >= 11 is 1.94. The zero-order valence-electron chi connectivity index (χ0n) is 13.1. The van der Waals surface area contributed by atoms with Gasteiger partial charge >= 0.3 is 0 Å². The molecule has 0 aliphatic carbocycles. The molecule has 0 N–H and O–H groups in total. The van der Waals surface area contributed by atoms with E-state index in [0.29, 0.717) is 5.91 Å². The van der Waals surface area contributed by atoms with Crippen LogP contribution in [-0.4, -0.2) is 63.1 Å². The van der Waals surface area contributed by atoms with Crippen LogP contribution in [0, 0.1) is 5.92 Å². The number of thioether (sulfide) groups is 1. The van der Waals surface area contributed by atoms with Crippen molar-refractivity contribution in [2.75, 3.05) is 42.6 Å². The van der Waals surface area contributed by atoms with Crippen molar-refractivity contribution >= 4 is 29.1 Å². The normalized spacial score (nSPS) is 22.5. The van der Waals surface area contributed by atoms with Crippen LogP contribution in [0.5, 0.6) is 0 Å². The highest BCUT2D eigenvalue weighted by Crippen LogP contribution is 2.24. The lowest BCUT2D eigenvalue weighted by Gasteiger charge is -2.36. The van der Waals surface area contributed by atoms with Crippen molar-refractivity contribution in [2.45, 2.75) is 12.8 Å². The molecule has 2 saturated heterocycles. The molecular formula is C16H21N5OS. The molecule has 1 unspecified atom stereocenters. The first kappa shape index (κ1) is 14.8. The maximum absolute atomic E-state index is 12.8. The first-order valence-corrected chi connectivity index (χ1v) is 9.38. The molecule has 23 heavy (non-hydrogen) atoms. The van der Waals surface area contributed by atoms with Gasteiger partial charge in [0, 0.05) is 49.9 Å². The molecule has 122 valence electrons. The Morgan fingerprint density at radius 2 is 2.09 bits per heavy atom. The van der Waals surface area contributed by atoms with E-state index in [1.807, 2.05) is 30.1 Å². The van der Waals surface area contributed by atoms with Gasteiger partial charge in [0.2, 0.25) is 5.91 Å². The summed E-state index contributed by atoms with van der Waals surface area (Å²) in [5.74, 6) is 3.53. The first-order valence-electron chi connectivity index (χ1n) is 8.23. The van der Waals surface area contributed by atoms with Crippen LogP contribution >= 0.6 is 11.8 Å². The quantitative estimate of drug-likeness (QED) is 0.835. The van der Waals surface area contributed by atoms with Crippen molar-refractivity contribution in [2.24, 2.45) is 5.92 Å². The van der Waals surface area contributed by atoms with Gasteiger partial charge in [0.05, 0.1) is 12.1 Å². The van der Waals surface area contributed by atoms with Crippen LogP contribution in [0.4, 0.5) is 5.82 Å². The molecule has 4 heterocycles. The summed E-state index contributed by atoms with van der Waals surface area (Å²) in [6, 6.07) is 3.89. The standard InChI is InChI=1S/C16H21N5OS/c22-16(19-8-10-23-11-9-19)13-2-1-6-20(12-13)14-4-7-21-15(18-14)3-5-17-21/h3-5,7,13H,1-2,6,8-12H2. The minimum Gasteiger partial charge on any atom is -0.356 e. The molecule has 2 aromatic rings. The number of anilines is 1. The van der Waals surface area contributed by atoms with Crippen molar-refractivity contribution in [3.8, 4) is 0 Å². The summed E-state index contributed by atoms with van der Waals surface area (Å²) < 4.78 is 1.77. The van der Waals surface area contributed by atoms with Crippen LogP contribution in [-0.2, 0) is 4.79 Å². The number of piperidine rings is 1. The van der Waals surface area contributed by atoms with Crippen LogP contribution in [0.3, 0.4) is 0 Å². The Balaban J connectivity index is 1.48. The molecule has 2 aliphatic heterocycles. The number of fused-ring (bicyclic) bond motifs is 1. The number of carbonyl (C=O) groups is 1. The summed E-state index contributed by atoms with van der Waals surface area (Å²) in [5, 5.41) is 4.18. The van der Waals surface area contributed by atoms with Crippen LogP contribution in [0.2, 0.25) is 0 Å². The van der Waals surface area contributed by atoms with Gasteiger partial charge < -0.3 is 9.80 Å². The number of hydrogen-bond acceptors (Lipinski definition) is 5. The van der Waals surface area contributed by atoms with Crippen molar-refractivity contribution in [1.82, 2.24) is 19.5 Å². The second-order valence-electron chi connectivity index (χ2n) is 6.14. The Labute approximate surface area is 139 Å². The molecule has 6 nitrogen and oxygen atoms in total. The summed E-state index contributed by atoms with van der Waals surface area (Å²) in [5.41, 5.74) is 0.851. The predicted octanol–water partition coefficient (Wildman–Crippen LogP) is 1.52. The van der Waals surface area contributed by atoms with E-state index in [9.17, 15) is 4.79 Å². The third kappa shape index (κ3) is 3.02. The van der Waals surface area contributed by atoms with E-state index in [0.717, 1.165) is 62.0 Å². The summed E-state index contributed by atoms with van der Waals surface area (Å²) in [7, 11) is 0. The monoisotopic (exact) mass is 331 g/mol. The van der Waals surface area contributed by atoms with Gasteiger partial charge in [-0.15, -0.1) is 0 Å². The fraction of sp³-hybridized carbons (Fsp3) is 0.562. The number of hydrogen-bond donors (Lipinski definition) is 0. The number of carbonyl (C=O) groups excluding carboxylic acids is 1. The van der Waals surface area contributed by atoms with Crippen molar-refractivity contribution in [1.29, 1.82) is 0 Å². The van der Waals surface area contributed by atoms with Gasteiger partial charge in [-0.25, -0.2) is 9.50 Å². The number of amides is 1. The van der Waals surface area contributed by atoms with Gasteiger partial charge in [-0.2, -0.15) is 16.9 Å². The molecular weight excluding hydrogens is 310 g/mol. The Kier molecular flexibility index (Phi) is 4.11. The van der Waals surface area contributed by atoms with Gasteiger partial charge in [0.15, 0.2) is 5.65 Å². The average Bonchev–Trinajstić information content (AvgIpc) is 3.09. The zero-order valence-corrected chi connectivity index (χ0v) is 13.9. The predicted molar refractivity (Wildman–Crippen MR) is 91.8 cm³/mol. The van der Waals surface area contributed by atoms with Crippen LogP contribution in [0.1, 0.15) is 12.8 Å². The molecule has 0 saturated carbocycles. The third-order valence-electron chi connectivity index (χ3n) is 4.66. The highest BCUT2D eigenvalue weighted by molar-refractivity contribution is 7.99. The van der Waals surface area contributed by atoms with Crippen molar-refractivity contribution < 1.29 is 4.79 Å². The smallest absolute Gasteiger partial charge is 0.227 e. The molecule has 1 atom stereocenters. The minimum absolute atomic E-state index is 0.106. The molecule has 2 aliphatic rings. The van der Waals surface area contributed by atoms with E-state index in [1.165, 1.54) is 0 Å². The maximum Gasteiger partial charge on any atom is 0.227 e. The van der Waals surface area contributed by atoms with Gasteiger partial charge in [0.1, 0.15) is 5.82 Å². The second kappa shape index (κ2) is 6.39. The lowest BCUT2D eigenvalue weighted by atomic mass is 9.96. The van der Waals surface area contributed by atoms with E-state index >= 15 is 0 Å². The van der Waals surface area contributed by atoms with Crippen molar-refractivity contribution in [3.05, 3.63) is 24.5 Å². The van der Waals surface area contributed by atoms with E-state index in [-0.39, 0.29) is 5.92 Å². The highest BCUT2D eigenvalue weighted by Gasteiger charge is 2.30. The molecule has 2 fully saturated rings. The first-order chi connectivity index (χ1) is 11.3. The molecule has 0 radical (unpaired) electrons. The molecule has 4 rings (SSSR count). The highest BCUT2D eigenvalue weighted by atomic mass is 32.2. The number of aromatic nitrogens is 3. The van der Waals surface area contributed by atoms with Crippen LogP contribution < -0.4 is 4.90 Å². The summed E-state index contributed by atoms with van der Waals surface area (Å²) in [4.78, 5) is 21.7. The van der Waals surface area contributed by atoms with Crippen LogP contribution in [0.25, 0.3) is 5.65 Å². The third-order valence-corrected chi connectivity index (χ3v) is 5.60. The number of rotatable bonds is 2. The summed E-state index contributed by atoms with van der Waals surface area (Å²) in [6.07, 6.45) is 5.73. The maximum atomic E-state index is 12.8. The van der Waals surface area contributed by atoms with Gasteiger partial charge in [-0.3, -0.25) is 4.79 Å². The fourth-order valence-electron chi connectivity index (χ4n) is 3.41. The van der Waals surface area contributed by atoms with Crippen LogP contribution in [0.15, 0.2) is 24.5 Å². The van der Waals surface area contributed by atoms with Crippen molar-refractivity contribution in [3.63, 3.8) is 0 Å². The molecule has 0 spiro atoms. The van der Waals surface area contributed by atoms with Gasteiger partial charge in [0.25, 0.3) is 0 Å². The van der Waals surface area contributed by atoms with Gasteiger partial charge in [-0.05, 0) is 18.9 Å². The lowest BCUT2D eigenvalue weighted by molar-refractivity contribution is -0.135. The minimum atomic E-state index is 0.106. The zero-order chi connectivity index (χ0) is 15.6. The van der Waals surface area contributed by atoms with E-state index < -0.39 is 0 Å². The SMILES string of the molecule is O=C(C1CCCN(c2ccn3nccc3n2)C1)N1CCSCC1. The number of nitrogens with zero attached hydrogens (tertiary/aromatic N) is 5. The van der Waals surface area contributed by atoms with E-state index in [4.69, 9.17) is 0 Å². The Hall–Kier alpha value is -1.76. The average molecular weight is 331 g/mol. The van der Waals surface area contributed by atoms with E-state index in [2.05, 4.69) is 19.9 Å². The van der Waals surface area contributed by atoms with E-state index in [1.54, 1.807) is 10.7 Å². The Morgan fingerprint density at radius 1 is 1.22 bits per heavy atom. The van der Waals surface area contributed by atoms with Gasteiger partial charge in [-0.1, -0.05) is 0 Å². The molecule has 1 amide bonds. The molecule has 0 bridgehead atoms. The molecule has 7 heteroatoms. The molecule has 0 aromatic carbocycles. The summed E-state index contributed by atoms with van der Waals surface area (Å²) in [6.45, 7) is 3.55. The Bertz CT molecular complexity index is 697. The molecule has 2 aromatic heterocycles. The fourth-order valence-corrected chi connectivity index (χ4v) is 4.31. The topological polar surface area (TPSA) is 53.7 Å². The lowest BCUT2D eigenvalue weighted by Crippen LogP contribution is -2.47. The largest absolute Gasteiger partial charge is 0.356 e. The second-order valence-corrected chi connectivity index (χ2v) is 7.37. The Morgan fingerprint density at radius 3 is 2.96 bits per heavy atom.